The molecule has 0 saturated carbocycles. The largest absolute Gasteiger partial charge is 0.489 e. The van der Waals surface area contributed by atoms with Gasteiger partial charge in [-0.15, -0.1) is 0 Å². The van der Waals surface area contributed by atoms with Crippen molar-refractivity contribution in [2.75, 3.05) is 18.4 Å². The van der Waals surface area contributed by atoms with Gasteiger partial charge in [-0.1, -0.05) is 127 Å². The molecular weight excluding hydrogens is 869 g/mol. The van der Waals surface area contributed by atoms with Gasteiger partial charge in [-0.05, 0) is 74.7 Å². The molecule has 6 aromatic carbocycles. The molecule has 0 spiro atoms. The number of amides is 4. The van der Waals surface area contributed by atoms with E-state index in [1.54, 1.807) is 30.3 Å². The summed E-state index contributed by atoms with van der Waals surface area (Å²) in [4.78, 5) is 66.2. The third-order valence-corrected chi connectivity index (χ3v) is 11.0. The second-order valence-electron chi connectivity index (χ2n) is 16.1. The number of carbonyl (C=O) groups excluding carboxylic acids is 4. The molecule has 2 atom stereocenters. The van der Waals surface area contributed by atoms with Crippen LogP contribution in [0.15, 0.2) is 146 Å². The number of carbonyl (C=O) groups is 5. The van der Waals surface area contributed by atoms with E-state index in [4.69, 9.17) is 18.9 Å². The monoisotopic (exact) mass is 920 g/mol. The van der Waals surface area contributed by atoms with Gasteiger partial charge in [-0.2, -0.15) is 0 Å². The number of hydrogen-bond acceptors (Lipinski definition) is 10. The minimum atomic E-state index is -1.53. The molecule has 0 unspecified atom stereocenters. The first-order chi connectivity index (χ1) is 33.1. The smallest absolute Gasteiger partial charge is 0.412 e. The van der Waals surface area contributed by atoms with Crippen LogP contribution < -0.4 is 30.7 Å². The number of ether oxygens (including phenoxy) is 4. The van der Waals surface area contributed by atoms with Gasteiger partial charge >= 0.3 is 18.2 Å². The maximum absolute atomic E-state index is 14.0. The zero-order chi connectivity index (χ0) is 47.7. The van der Waals surface area contributed by atoms with Crippen molar-refractivity contribution in [3.8, 4) is 22.6 Å². The minimum absolute atomic E-state index is 0.00248. The average Bonchev–Trinajstić information content (AvgIpc) is 3.36. The lowest BCUT2D eigenvalue weighted by Crippen LogP contribution is -2.46. The van der Waals surface area contributed by atoms with E-state index in [0.29, 0.717) is 33.6 Å². The zero-order valence-electron chi connectivity index (χ0n) is 37.2. The number of hydrogen-bond donors (Lipinski definition) is 6. The Morgan fingerprint density at radius 1 is 0.647 bits per heavy atom. The molecule has 0 radical (unpaired) electrons. The normalized spacial score (nSPS) is 14.1. The van der Waals surface area contributed by atoms with Gasteiger partial charge in [0.1, 0.15) is 44.0 Å². The van der Waals surface area contributed by atoms with Crippen molar-refractivity contribution in [3.05, 3.63) is 185 Å². The van der Waals surface area contributed by atoms with E-state index in [0.717, 1.165) is 16.7 Å². The van der Waals surface area contributed by atoms with Crippen molar-refractivity contribution in [1.29, 1.82) is 0 Å². The van der Waals surface area contributed by atoms with Gasteiger partial charge in [0.2, 0.25) is 11.8 Å². The van der Waals surface area contributed by atoms with Gasteiger partial charge in [-0.3, -0.25) is 14.9 Å². The Morgan fingerprint density at radius 3 is 1.79 bits per heavy atom. The predicted octanol–water partition coefficient (Wildman–Crippen LogP) is 7.26. The second kappa shape index (κ2) is 23.8. The van der Waals surface area contributed by atoms with Crippen LogP contribution in [0.3, 0.4) is 0 Å². The number of benzene rings is 6. The first-order valence-corrected chi connectivity index (χ1v) is 22.1. The van der Waals surface area contributed by atoms with Crippen LogP contribution in [0, 0.1) is 0 Å². The molecule has 0 aliphatic carbocycles. The lowest BCUT2D eigenvalue weighted by molar-refractivity contribution is -0.141. The summed E-state index contributed by atoms with van der Waals surface area (Å²) in [6.45, 7) is -0.654. The number of rotatable bonds is 16. The molecule has 1 aliphatic heterocycles. The summed E-state index contributed by atoms with van der Waals surface area (Å²) in [7, 11) is 0. The van der Waals surface area contributed by atoms with E-state index in [9.17, 15) is 34.2 Å². The highest BCUT2D eigenvalue weighted by molar-refractivity contribution is 5.93. The lowest BCUT2D eigenvalue weighted by atomic mass is 9.88. The number of aliphatic carboxylic acids is 1. The molecule has 4 amide bonds. The maximum Gasteiger partial charge on any atom is 0.412 e. The number of aliphatic hydroxyl groups is 1. The molecule has 6 aromatic rings. The number of carboxylic acids is 1. The fourth-order valence-electron chi connectivity index (χ4n) is 7.55. The van der Waals surface area contributed by atoms with Crippen molar-refractivity contribution in [1.82, 2.24) is 16.0 Å². The van der Waals surface area contributed by atoms with E-state index in [-0.39, 0.29) is 75.7 Å². The van der Waals surface area contributed by atoms with Crippen LogP contribution in [-0.2, 0) is 69.5 Å². The lowest BCUT2D eigenvalue weighted by Gasteiger charge is -2.26. The molecule has 1 aliphatic rings. The van der Waals surface area contributed by atoms with E-state index >= 15 is 0 Å². The number of carboxylic acid groups (broad SMARTS) is 1. The van der Waals surface area contributed by atoms with E-state index < -0.39 is 48.7 Å². The quantitative estimate of drug-likeness (QED) is 0.0569. The maximum atomic E-state index is 14.0. The fourth-order valence-corrected chi connectivity index (χ4v) is 7.55. The molecule has 4 bridgehead atoms. The number of anilines is 1. The molecule has 68 heavy (non-hydrogen) atoms. The van der Waals surface area contributed by atoms with Crippen LogP contribution in [0.4, 0.5) is 15.3 Å². The van der Waals surface area contributed by atoms with Gasteiger partial charge in [0.25, 0.3) is 0 Å². The molecule has 15 nitrogen and oxygen atoms in total. The van der Waals surface area contributed by atoms with Crippen molar-refractivity contribution < 1.29 is 53.1 Å². The molecule has 7 rings (SSSR count). The van der Waals surface area contributed by atoms with Gasteiger partial charge in [0.15, 0.2) is 0 Å². The number of nitrogens with one attached hydrogen (secondary N) is 4. The SMILES string of the molecule is O=C1CCc2cc(ccc2OCc2ccccc2)-c2cc(c(OCc3ccccc3)c(NC(=O)OCc3ccccc3)c2C[C@@H](O)CNC(=O)OCc2ccccc2)C[C@@H](C(=O)O)NC(=O)CN1. The Labute approximate surface area is 393 Å². The van der Waals surface area contributed by atoms with Crippen molar-refractivity contribution >= 4 is 35.7 Å². The Morgan fingerprint density at radius 2 is 1.21 bits per heavy atom. The number of aliphatic hydroxyl groups excluding tert-OH is 1. The Balaban J connectivity index is 1.36. The second-order valence-corrected chi connectivity index (χ2v) is 16.1. The third kappa shape index (κ3) is 13.9. The first-order valence-electron chi connectivity index (χ1n) is 22.1. The summed E-state index contributed by atoms with van der Waals surface area (Å²) in [6.07, 6.45) is -3.35. The first kappa shape index (κ1) is 47.8. The van der Waals surface area contributed by atoms with Crippen LogP contribution in [0.5, 0.6) is 11.5 Å². The summed E-state index contributed by atoms with van der Waals surface area (Å²) >= 11 is 0. The number of fused-ring (bicyclic) bond motifs is 5. The topological polar surface area (TPSA) is 211 Å². The summed E-state index contributed by atoms with van der Waals surface area (Å²) in [5.74, 6) is -2.01. The Hall–Kier alpha value is -8.17. The summed E-state index contributed by atoms with van der Waals surface area (Å²) < 4.78 is 24.0. The Kier molecular flexibility index (Phi) is 16.8. The molecule has 0 fully saturated rings. The Bertz CT molecular complexity index is 2670. The third-order valence-electron chi connectivity index (χ3n) is 11.0. The molecular formula is C53H52N4O11. The van der Waals surface area contributed by atoms with Crippen molar-refractivity contribution in [2.45, 2.75) is 64.3 Å². The summed E-state index contributed by atoms with van der Waals surface area (Å²) in [5, 5.41) is 32.9. The highest BCUT2D eigenvalue weighted by Gasteiger charge is 2.29. The minimum Gasteiger partial charge on any atom is -0.489 e. The standard InChI is InChI=1S/C53H52N4O11/c58-42(29-55-52(63)67-33-37-17-9-3-10-18-37)28-44-43-26-41(50(66-32-36-15-7-2-8-16-36)49(44)57-53(64)68-34-38-19-11-4-12-20-38)27-45(51(61)62)56-48(60)30-54-47(59)24-22-40-25-39(43)21-23-46(40)65-31-35-13-5-1-6-14-35/h1-21,23,25-26,42,45,58H,22,24,27-34H2,(H,54,59)(H,55,63)(H,56,60)(H,57,64)(H,61,62)/t42-,45+/m1/s1. The molecule has 350 valence electrons. The van der Waals surface area contributed by atoms with Gasteiger partial charge in [0, 0.05) is 25.8 Å². The highest BCUT2D eigenvalue weighted by Crippen LogP contribution is 2.43. The number of alkyl carbamates (subject to hydrolysis) is 1. The van der Waals surface area contributed by atoms with E-state index in [1.807, 2.05) is 115 Å². The molecule has 1 heterocycles. The molecule has 6 N–H and O–H groups in total. The predicted molar refractivity (Wildman–Crippen MR) is 253 cm³/mol. The van der Waals surface area contributed by atoms with Crippen LogP contribution in [0.25, 0.3) is 11.1 Å². The number of aryl methyl sites for hydroxylation is 1. The molecule has 0 aromatic heterocycles. The average molecular weight is 921 g/mol. The van der Waals surface area contributed by atoms with Crippen LogP contribution in [0.2, 0.25) is 0 Å². The van der Waals surface area contributed by atoms with Crippen molar-refractivity contribution in [2.24, 2.45) is 0 Å². The highest BCUT2D eigenvalue weighted by atomic mass is 16.6. The van der Waals surface area contributed by atoms with Gasteiger partial charge in [-0.25, -0.2) is 14.4 Å². The van der Waals surface area contributed by atoms with Crippen LogP contribution >= 0.6 is 0 Å². The van der Waals surface area contributed by atoms with E-state index in [1.165, 1.54) is 0 Å². The summed E-state index contributed by atoms with van der Waals surface area (Å²) in [5.41, 5.74) is 5.42. The van der Waals surface area contributed by atoms with Crippen LogP contribution in [-0.4, -0.2) is 65.4 Å². The fraction of sp³-hybridized carbons (Fsp3) is 0.226. The van der Waals surface area contributed by atoms with Crippen molar-refractivity contribution in [3.63, 3.8) is 0 Å². The van der Waals surface area contributed by atoms with Gasteiger partial charge < -0.3 is 45.1 Å². The van der Waals surface area contributed by atoms with Crippen LogP contribution in [0.1, 0.15) is 45.4 Å². The molecule has 0 saturated heterocycles. The summed E-state index contributed by atoms with van der Waals surface area (Å²) in [6, 6.07) is 42.5. The molecule has 15 heteroatoms. The van der Waals surface area contributed by atoms with E-state index in [2.05, 4.69) is 21.3 Å². The zero-order valence-corrected chi connectivity index (χ0v) is 37.2. The van der Waals surface area contributed by atoms with Gasteiger partial charge in [0.05, 0.1) is 18.3 Å².